The first-order valence-corrected chi connectivity index (χ1v) is 8.35. The maximum absolute atomic E-state index is 12.7. The first-order chi connectivity index (χ1) is 10.7. The Morgan fingerprint density at radius 2 is 1.87 bits per heavy atom. The number of rotatable bonds is 3. The van der Waals surface area contributed by atoms with Gasteiger partial charge in [-0.1, -0.05) is 6.07 Å². The molecular formula is C14H16F3NO4S. The Morgan fingerprint density at radius 3 is 2.39 bits per heavy atom. The van der Waals surface area contributed by atoms with Crippen LogP contribution in [0.3, 0.4) is 0 Å². The fourth-order valence-corrected chi connectivity index (χ4v) is 4.00. The third-order valence-corrected chi connectivity index (χ3v) is 5.68. The quantitative estimate of drug-likeness (QED) is 0.784. The number of ether oxygens (including phenoxy) is 1. The smallest absolute Gasteiger partial charge is 0.416 e. The summed E-state index contributed by atoms with van der Waals surface area (Å²) in [6, 6.07) is 3.65. The number of hydrogen-bond acceptors (Lipinski definition) is 4. The minimum Gasteiger partial charge on any atom is -0.469 e. The number of sulfonamides is 1. The van der Waals surface area contributed by atoms with E-state index in [2.05, 4.69) is 4.74 Å². The third-order valence-electron chi connectivity index (χ3n) is 3.79. The van der Waals surface area contributed by atoms with Crippen LogP contribution in [0.4, 0.5) is 13.2 Å². The summed E-state index contributed by atoms with van der Waals surface area (Å²) in [5.74, 6) is -0.783. The van der Waals surface area contributed by atoms with Gasteiger partial charge in [-0.2, -0.15) is 17.5 Å². The van der Waals surface area contributed by atoms with Crippen molar-refractivity contribution < 1.29 is 31.1 Å². The van der Waals surface area contributed by atoms with Gasteiger partial charge in [-0.15, -0.1) is 0 Å². The molecule has 0 bridgehead atoms. The molecule has 23 heavy (non-hydrogen) atoms. The van der Waals surface area contributed by atoms with Crippen LogP contribution in [0.15, 0.2) is 29.2 Å². The monoisotopic (exact) mass is 351 g/mol. The average molecular weight is 351 g/mol. The molecule has 0 unspecified atom stereocenters. The second-order valence-electron chi connectivity index (χ2n) is 5.23. The Morgan fingerprint density at radius 1 is 1.26 bits per heavy atom. The van der Waals surface area contributed by atoms with Gasteiger partial charge in [0, 0.05) is 13.1 Å². The molecule has 0 aliphatic carbocycles. The van der Waals surface area contributed by atoms with Crippen molar-refractivity contribution in [2.24, 2.45) is 5.92 Å². The normalized spacial score (nSPS) is 17.9. The van der Waals surface area contributed by atoms with Crippen molar-refractivity contribution in [3.05, 3.63) is 29.8 Å². The van der Waals surface area contributed by atoms with Gasteiger partial charge in [-0.3, -0.25) is 4.79 Å². The van der Waals surface area contributed by atoms with E-state index in [1.807, 2.05) is 0 Å². The lowest BCUT2D eigenvalue weighted by Crippen LogP contribution is -2.40. The number of alkyl halides is 3. The van der Waals surface area contributed by atoms with Gasteiger partial charge in [0.2, 0.25) is 10.0 Å². The van der Waals surface area contributed by atoms with Crippen LogP contribution in [0.25, 0.3) is 0 Å². The Bertz CT molecular complexity index is 680. The van der Waals surface area contributed by atoms with Crippen molar-refractivity contribution in [2.75, 3.05) is 20.2 Å². The number of hydrogen-bond donors (Lipinski definition) is 0. The molecule has 1 heterocycles. The number of carbonyl (C=O) groups excluding carboxylic acids is 1. The molecule has 9 heteroatoms. The van der Waals surface area contributed by atoms with E-state index < -0.39 is 32.6 Å². The summed E-state index contributed by atoms with van der Waals surface area (Å²) in [5.41, 5.74) is -1.01. The number of carbonyl (C=O) groups is 1. The van der Waals surface area contributed by atoms with Crippen LogP contribution in [-0.4, -0.2) is 38.9 Å². The number of piperidine rings is 1. The highest BCUT2D eigenvalue weighted by Crippen LogP contribution is 2.32. The molecule has 1 saturated heterocycles. The van der Waals surface area contributed by atoms with E-state index in [1.54, 1.807) is 0 Å². The molecule has 1 fully saturated rings. The Balaban J connectivity index is 2.19. The van der Waals surface area contributed by atoms with Gasteiger partial charge in [0.15, 0.2) is 0 Å². The van der Waals surface area contributed by atoms with Crippen LogP contribution in [0.1, 0.15) is 18.4 Å². The summed E-state index contributed by atoms with van der Waals surface area (Å²) in [4.78, 5) is 11.0. The van der Waals surface area contributed by atoms with E-state index >= 15 is 0 Å². The van der Waals surface area contributed by atoms with Crippen molar-refractivity contribution in [3.8, 4) is 0 Å². The predicted octanol–water partition coefficient (Wildman–Crippen LogP) is 2.28. The van der Waals surface area contributed by atoms with Gasteiger partial charge in [0.05, 0.1) is 23.5 Å². The zero-order chi connectivity index (χ0) is 17.3. The molecule has 128 valence electrons. The standard InChI is InChI=1S/C14H16F3NO4S/c1-22-13(19)10-5-7-18(8-6-10)23(20,21)12-4-2-3-11(9-12)14(15,16)17/h2-4,9-10H,5-8H2,1H3. The van der Waals surface area contributed by atoms with Crippen LogP contribution < -0.4 is 0 Å². The van der Waals surface area contributed by atoms with Crippen molar-refractivity contribution in [3.63, 3.8) is 0 Å². The highest BCUT2D eigenvalue weighted by molar-refractivity contribution is 7.89. The van der Waals surface area contributed by atoms with Gasteiger partial charge in [0.1, 0.15) is 0 Å². The molecule has 0 aromatic heterocycles. The van der Waals surface area contributed by atoms with E-state index in [-0.39, 0.29) is 31.8 Å². The Kier molecular flexibility index (Phi) is 5.00. The number of halogens is 3. The van der Waals surface area contributed by atoms with E-state index in [0.29, 0.717) is 6.07 Å². The molecule has 1 aliphatic heterocycles. The molecule has 0 amide bonds. The second kappa shape index (κ2) is 6.48. The Hall–Kier alpha value is -1.61. The fraction of sp³-hybridized carbons (Fsp3) is 0.500. The fourth-order valence-electron chi connectivity index (χ4n) is 2.48. The van der Waals surface area contributed by atoms with E-state index in [1.165, 1.54) is 7.11 Å². The average Bonchev–Trinajstić information content (AvgIpc) is 2.53. The molecule has 1 aliphatic rings. The van der Waals surface area contributed by atoms with Gasteiger partial charge in [-0.05, 0) is 31.0 Å². The van der Waals surface area contributed by atoms with Gasteiger partial charge in [-0.25, -0.2) is 8.42 Å². The molecule has 1 aromatic rings. The minimum absolute atomic E-state index is 0.0678. The van der Waals surface area contributed by atoms with Crippen molar-refractivity contribution in [1.82, 2.24) is 4.31 Å². The zero-order valence-electron chi connectivity index (χ0n) is 12.3. The lowest BCUT2D eigenvalue weighted by molar-refractivity contribution is -0.146. The Labute approximate surface area is 132 Å². The van der Waals surface area contributed by atoms with E-state index in [4.69, 9.17) is 0 Å². The molecule has 5 nitrogen and oxygen atoms in total. The summed E-state index contributed by atoms with van der Waals surface area (Å²) in [6.07, 6.45) is -4.04. The minimum atomic E-state index is -4.61. The van der Waals surface area contributed by atoms with E-state index in [0.717, 1.165) is 22.5 Å². The van der Waals surface area contributed by atoms with E-state index in [9.17, 15) is 26.4 Å². The number of esters is 1. The largest absolute Gasteiger partial charge is 0.469 e. The molecule has 0 spiro atoms. The summed E-state index contributed by atoms with van der Waals surface area (Å²) in [7, 11) is -2.76. The molecule has 0 saturated carbocycles. The third kappa shape index (κ3) is 3.84. The number of nitrogens with zero attached hydrogens (tertiary/aromatic N) is 1. The molecule has 1 aromatic carbocycles. The van der Waals surface area contributed by atoms with Crippen LogP contribution >= 0.6 is 0 Å². The van der Waals surface area contributed by atoms with Gasteiger partial charge >= 0.3 is 12.1 Å². The number of benzene rings is 1. The summed E-state index contributed by atoms with van der Waals surface area (Å²) >= 11 is 0. The van der Waals surface area contributed by atoms with Crippen LogP contribution in [0.5, 0.6) is 0 Å². The zero-order valence-corrected chi connectivity index (χ0v) is 13.2. The van der Waals surface area contributed by atoms with Crippen LogP contribution in [0.2, 0.25) is 0 Å². The maximum atomic E-state index is 12.7. The van der Waals surface area contributed by atoms with Gasteiger partial charge < -0.3 is 4.74 Å². The first kappa shape index (κ1) is 17.7. The van der Waals surface area contributed by atoms with Crippen molar-refractivity contribution in [2.45, 2.75) is 23.9 Å². The molecule has 0 atom stereocenters. The van der Waals surface area contributed by atoms with Crippen molar-refractivity contribution >= 4 is 16.0 Å². The maximum Gasteiger partial charge on any atom is 0.416 e. The predicted molar refractivity (Wildman–Crippen MR) is 74.9 cm³/mol. The number of methoxy groups -OCH3 is 1. The lowest BCUT2D eigenvalue weighted by atomic mass is 9.99. The molecule has 0 radical (unpaired) electrons. The first-order valence-electron chi connectivity index (χ1n) is 6.91. The van der Waals surface area contributed by atoms with Crippen LogP contribution in [-0.2, 0) is 25.7 Å². The van der Waals surface area contributed by atoms with Gasteiger partial charge in [0.25, 0.3) is 0 Å². The summed E-state index contributed by atoms with van der Waals surface area (Å²) < 4.78 is 68.8. The summed E-state index contributed by atoms with van der Waals surface area (Å²) in [6.45, 7) is 0.136. The lowest BCUT2D eigenvalue weighted by Gasteiger charge is -2.30. The molecule has 0 N–H and O–H groups in total. The highest BCUT2D eigenvalue weighted by Gasteiger charge is 2.35. The molecular weight excluding hydrogens is 335 g/mol. The van der Waals surface area contributed by atoms with Crippen LogP contribution in [0, 0.1) is 5.92 Å². The molecule has 2 rings (SSSR count). The highest BCUT2D eigenvalue weighted by atomic mass is 32.2. The summed E-state index contributed by atoms with van der Waals surface area (Å²) in [5, 5.41) is 0. The SMILES string of the molecule is COC(=O)C1CCN(S(=O)(=O)c2cccc(C(F)(F)F)c2)CC1. The second-order valence-corrected chi connectivity index (χ2v) is 7.17. The topological polar surface area (TPSA) is 63.7 Å². The van der Waals surface area contributed by atoms with Crippen molar-refractivity contribution in [1.29, 1.82) is 0 Å².